The first kappa shape index (κ1) is 12.0. The minimum Gasteiger partial charge on any atom is -0.396 e. The molecule has 2 aromatic rings. The Kier molecular flexibility index (Phi) is 3.71. The van der Waals surface area contributed by atoms with E-state index in [2.05, 4.69) is 9.97 Å². The van der Waals surface area contributed by atoms with E-state index in [1.165, 1.54) is 0 Å². The zero-order valence-corrected chi connectivity index (χ0v) is 10.3. The number of nitrogens with zero attached hydrogens (tertiary/aromatic N) is 2. The predicted octanol–water partition coefficient (Wildman–Crippen LogP) is 2.64. The molecule has 0 bridgehead atoms. The van der Waals surface area contributed by atoms with Gasteiger partial charge in [-0.05, 0) is 25.1 Å². The van der Waals surface area contributed by atoms with E-state index in [0.717, 1.165) is 17.0 Å². The van der Waals surface area contributed by atoms with E-state index >= 15 is 0 Å². The second-order valence-electron chi connectivity index (χ2n) is 3.79. The van der Waals surface area contributed by atoms with Gasteiger partial charge in [0.05, 0.1) is 12.3 Å². The van der Waals surface area contributed by atoms with Crippen LogP contribution in [0.4, 0.5) is 0 Å². The molecule has 0 atom stereocenters. The van der Waals surface area contributed by atoms with E-state index in [-0.39, 0.29) is 6.61 Å². The fourth-order valence-electron chi connectivity index (χ4n) is 1.61. The quantitative estimate of drug-likeness (QED) is 0.908. The highest BCUT2D eigenvalue weighted by Crippen LogP contribution is 2.20. The van der Waals surface area contributed by atoms with Gasteiger partial charge in [-0.15, -0.1) is 0 Å². The molecule has 88 valence electrons. The standard InChI is InChI=1S/C13H13ClN2O/c1-9-8-12(16-13(15-9)6-7-17)10-2-4-11(14)5-3-10/h2-5,8,17H,6-7H2,1H3. The first-order chi connectivity index (χ1) is 8.19. The molecule has 0 saturated heterocycles. The molecule has 2 rings (SSSR count). The van der Waals surface area contributed by atoms with E-state index in [4.69, 9.17) is 16.7 Å². The summed E-state index contributed by atoms with van der Waals surface area (Å²) in [5.41, 5.74) is 2.75. The zero-order valence-electron chi connectivity index (χ0n) is 9.52. The Balaban J connectivity index is 2.40. The van der Waals surface area contributed by atoms with Gasteiger partial charge in [-0.3, -0.25) is 0 Å². The van der Waals surface area contributed by atoms with E-state index in [9.17, 15) is 0 Å². The van der Waals surface area contributed by atoms with Crippen molar-refractivity contribution in [3.05, 3.63) is 46.9 Å². The molecule has 17 heavy (non-hydrogen) atoms. The predicted molar refractivity (Wildman–Crippen MR) is 68.0 cm³/mol. The number of benzene rings is 1. The van der Waals surface area contributed by atoms with Gasteiger partial charge in [-0.25, -0.2) is 9.97 Å². The molecule has 0 spiro atoms. The summed E-state index contributed by atoms with van der Waals surface area (Å²) in [4.78, 5) is 8.68. The Morgan fingerprint density at radius 2 is 1.88 bits per heavy atom. The fraction of sp³-hybridized carbons (Fsp3) is 0.231. The summed E-state index contributed by atoms with van der Waals surface area (Å²) in [7, 11) is 0. The number of hydrogen-bond donors (Lipinski definition) is 1. The third kappa shape index (κ3) is 3.02. The minimum absolute atomic E-state index is 0.0590. The van der Waals surface area contributed by atoms with Crippen molar-refractivity contribution in [3.63, 3.8) is 0 Å². The van der Waals surface area contributed by atoms with Gasteiger partial charge >= 0.3 is 0 Å². The van der Waals surface area contributed by atoms with Crippen LogP contribution >= 0.6 is 11.6 Å². The molecule has 1 aromatic carbocycles. The van der Waals surface area contributed by atoms with Gasteiger partial charge in [0.1, 0.15) is 5.82 Å². The lowest BCUT2D eigenvalue weighted by molar-refractivity contribution is 0.296. The summed E-state index contributed by atoms with van der Waals surface area (Å²) in [6.45, 7) is 1.98. The minimum atomic E-state index is 0.0590. The maximum atomic E-state index is 8.91. The normalized spacial score (nSPS) is 10.5. The number of aliphatic hydroxyl groups is 1. The number of aryl methyl sites for hydroxylation is 1. The molecule has 1 N–H and O–H groups in total. The molecule has 0 aliphatic rings. The fourth-order valence-corrected chi connectivity index (χ4v) is 1.74. The number of aliphatic hydroxyl groups excluding tert-OH is 1. The molecule has 0 amide bonds. The van der Waals surface area contributed by atoms with E-state index in [1.807, 2.05) is 37.3 Å². The molecule has 1 aromatic heterocycles. The molecule has 3 nitrogen and oxygen atoms in total. The van der Waals surface area contributed by atoms with Gasteiger partial charge in [0.15, 0.2) is 0 Å². The molecule has 0 unspecified atom stereocenters. The molecule has 0 radical (unpaired) electrons. The van der Waals surface area contributed by atoms with Crippen LogP contribution < -0.4 is 0 Å². The molecule has 1 heterocycles. The van der Waals surface area contributed by atoms with E-state index in [0.29, 0.717) is 17.3 Å². The molecular weight excluding hydrogens is 236 g/mol. The first-order valence-electron chi connectivity index (χ1n) is 5.40. The van der Waals surface area contributed by atoms with Crippen LogP contribution in [0, 0.1) is 6.92 Å². The van der Waals surface area contributed by atoms with E-state index < -0.39 is 0 Å². The summed E-state index contributed by atoms with van der Waals surface area (Å²) in [6, 6.07) is 9.43. The SMILES string of the molecule is Cc1cc(-c2ccc(Cl)cc2)nc(CCO)n1. The number of hydrogen-bond acceptors (Lipinski definition) is 3. The van der Waals surface area contributed by atoms with Crippen LogP contribution in [0.25, 0.3) is 11.3 Å². The van der Waals surface area contributed by atoms with Crippen molar-refractivity contribution in [2.45, 2.75) is 13.3 Å². The Labute approximate surface area is 105 Å². The van der Waals surface area contributed by atoms with Crippen LogP contribution in [0.5, 0.6) is 0 Å². The Morgan fingerprint density at radius 1 is 1.18 bits per heavy atom. The van der Waals surface area contributed by atoms with Crippen LogP contribution in [-0.4, -0.2) is 21.7 Å². The lowest BCUT2D eigenvalue weighted by atomic mass is 10.1. The second kappa shape index (κ2) is 5.25. The molecule has 0 saturated carbocycles. The molecule has 0 aliphatic heterocycles. The third-order valence-corrected chi connectivity index (χ3v) is 2.63. The van der Waals surface area contributed by atoms with Gasteiger partial charge < -0.3 is 5.11 Å². The topological polar surface area (TPSA) is 46.0 Å². The Morgan fingerprint density at radius 3 is 2.53 bits per heavy atom. The summed E-state index contributed by atoms with van der Waals surface area (Å²) in [6.07, 6.45) is 0.474. The van der Waals surface area contributed by atoms with Gasteiger partial charge in [0, 0.05) is 22.7 Å². The van der Waals surface area contributed by atoms with Gasteiger partial charge in [-0.2, -0.15) is 0 Å². The van der Waals surface area contributed by atoms with Crippen molar-refractivity contribution in [3.8, 4) is 11.3 Å². The van der Waals surface area contributed by atoms with Gasteiger partial charge in [-0.1, -0.05) is 23.7 Å². The van der Waals surface area contributed by atoms with Crippen molar-refractivity contribution in [2.24, 2.45) is 0 Å². The molecule has 0 aliphatic carbocycles. The molecular formula is C13H13ClN2O. The van der Waals surface area contributed by atoms with Crippen molar-refractivity contribution in [2.75, 3.05) is 6.61 Å². The summed E-state index contributed by atoms with van der Waals surface area (Å²) in [5.74, 6) is 0.664. The first-order valence-corrected chi connectivity index (χ1v) is 5.78. The third-order valence-electron chi connectivity index (χ3n) is 2.38. The summed E-state index contributed by atoms with van der Waals surface area (Å²) >= 11 is 5.85. The summed E-state index contributed by atoms with van der Waals surface area (Å²) in [5, 5.41) is 9.61. The largest absolute Gasteiger partial charge is 0.396 e. The Hall–Kier alpha value is -1.45. The van der Waals surface area contributed by atoms with Gasteiger partial charge in [0.2, 0.25) is 0 Å². The van der Waals surface area contributed by atoms with Crippen LogP contribution in [0.1, 0.15) is 11.5 Å². The highest BCUT2D eigenvalue weighted by molar-refractivity contribution is 6.30. The second-order valence-corrected chi connectivity index (χ2v) is 4.23. The van der Waals surface area contributed by atoms with Crippen LogP contribution in [0.3, 0.4) is 0 Å². The van der Waals surface area contributed by atoms with Crippen molar-refractivity contribution in [1.29, 1.82) is 0 Å². The lowest BCUT2D eigenvalue weighted by Crippen LogP contribution is -2.01. The zero-order chi connectivity index (χ0) is 12.3. The highest BCUT2D eigenvalue weighted by Gasteiger charge is 2.04. The van der Waals surface area contributed by atoms with Crippen molar-refractivity contribution in [1.82, 2.24) is 9.97 Å². The highest BCUT2D eigenvalue weighted by atomic mass is 35.5. The molecule has 0 fully saturated rings. The number of halogens is 1. The molecule has 4 heteroatoms. The number of aromatic nitrogens is 2. The maximum Gasteiger partial charge on any atom is 0.131 e. The van der Waals surface area contributed by atoms with E-state index in [1.54, 1.807) is 0 Å². The van der Waals surface area contributed by atoms with Crippen LogP contribution in [-0.2, 0) is 6.42 Å². The average Bonchev–Trinajstić information content (AvgIpc) is 2.29. The van der Waals surface area contributed by atoms with Crippen LogP contribution in [0.2, 0.25) is 5.02 Å². The Bertz CT molecular complexity index is 511. The van der Waals surface area contributed by atoms with Gasteiger partial charge in [0.25, 0.3) is 0 Å². The number of rotatable bonds is 3. The maximum absolute atomic E-state index is 8.91. The van der Waals surface area contributed by atoms with Crippen LogP contribution in [0.15, 0.2) is 30.3 Å². The average molecular weight is 249 g/mol. The smallest absolute Gasteiger partial charge is 0.131 e. The van der Waals surface area contributed by atoms with Crippen molar-refractivity contribution >= 4 is 11.6 Å². The summed E-state index contributed by atoms with van der Waals surface area (Å²) < 4.78 is 0. The van der Waals surface area contributed by atoms with Crippen molar-refractivity contribution < 1.29 is 5.11 Å². The monoisotopic (exact) mass is 248 g/mol. The lowest BCUT2D eigenvalue weighted by Gasteiger charge is -2.05.